The van der Waals surface area contributed by atoms with Crippen LogP contribution >= 0.6 is 15.9 Å². The van der Waals surface area contributed by atoms with Gasteiger partial charge >= 0.3 is 0 Å². The van der Waals surface area contributed by atoms with E-state index in [2.05, 4.69) is 52.5 Å². The first-order valence-electron chi connectivity index (χ1n) is 7.74. The van der Waals surface area contributed by atoms with Crippen LogP contribution in [0.1, 0.15) is 49.9 Å². The highest BCUT2D eigenvalue weighted by molar-refractivity contribution is 9.10. The van der Waals surface area contributed by atoms with Gasteiger partial charge in [0.2, 0.25) is 0 Å². The van der Waals surface area contributed by atoms with Crippen molar-refractivity contribution in [3.63, 3.8) is 0 Å². The van der Waals surface area contributed by atoms with Crippen LogP contribution in [-0.4, -0.2) is 9.55 Å². The van der Waals surface area contributed by atoms with E-state index < -0.39 is 0 Å². The van der Waals surface area contributed by atoms with Crippen LogP contribution in [0.25, 0.3) is 11.3 Å². The molecule has 1 aromatic carbocycles. The van der Waals surface area contributed by atoms with Gasteiger partial charge in [-0.25, -0.2) is 4.98 Å². The number of aromatic nitrogens is 2. The summed E-state index contributed by atoms with van der Waals surface area (Å²) < 4.78 is 3.30. The predicted molar refractivity (Wildman–Crippen MR) is 91.4 cm³/mol. The molecule has 3 rings (SSSR count). The second kappa shape index (κ2) is 5.84. The Morgan fingerprint density at radius 2 is 2.05 bits per heavy atom. The fraction of sp³-hybridized carbons (Fsp3) is 0.471. The Labute approximate surface area is 134 Å². The van der Waals surface area contributed by atoms with E-state index in [0.29, 0.717) is 5.92 Å². The summed E-state index contributed by atoms with van der Waals surface area (Å²) in [7, 11) is 0. The standard InChI is InChI=1S/C17H22BrN3/c1-3-21-16(19)15(13-9-8-11(2)14(18)10-13)20-17(21)12-6-4-5-7-12/h8-10,12H,3-7,19H2,1-2H3. The van der Waals surface area contributed by atoms with Crippen molar-refractivity contribution in [1.82, 2.24) is 9.55 Å². The molecule has 1 aliphatic carbocycles. The number of nitrogen functional groups attached to an aromatic ring is 1. The van der Waals surface area contributed by atoms with Crippen LogP contribution in [0.5, 0.6) is 0 Å². The average Bonchev–Trinajstić information content (AvgIpc) is 3.09. The smallest absolute Gasteiger partial charge is 0.131 e. The van der Waals surface area contributed by atoms with E-state index >= 15 is 0 Å². The minimum Gasteiger partial charge on any atom is -0.383 e. The van der Waals surface area contributed by atoms with Crippen molar-refractivity contribution < 1.29 is 0 Å². The number of rotatable bonds is 3. The summed E-state index contributed by atoms with van der Waals surface area (Å²) in [5.41, 5.74) is 9.64. The molecule has 3 nitrogen and oxygen atoms in total. The predicted octanol–water partition coefficient (Wildman–Crippen LogP) is 4.88. The maximum absolute atomic E-state index is 6.39. The SMILES string of the molecule is CCn1c(C2CCCC2)nc(-c2ccc(C)c(Br)c2)c1N. The van der Waals surface area contributed by atoms with Gasteiger partial charge in [0.15, 0.2) is 0 Å². The Kier molecular flexibility index (Phi) is 4.07. The fourth-order valence-corrected chi connectivity index (χ4v) is 3.64. The second-order valence-corrected chi connectivity index (χ2v) is 6.75. The molecule has 21 heavy (non-hydrogen) atoms. The van der Waals surface area contributed by atoms with E-state index in [9.17, 15) is 0 Å². The summed E-state index contributed by atoms with van der Waals surface area (Å²) >= 11 is 3.60. The molecule has 112 valence electrons. The van der Waals surface area contributed by atoms with Gasteiger partial charge in [0.25, 0.3) is 0 Å². The maximum atomic E-state index is 6.39. The van der Waals surface area contributed by atoms with Crippen LogP contribution < -0.4 is 5.73 Å². The summed E-state index contributed by atoms with van der Waals surface area (Å²) in [5.74, 6) is 2.56. The topological polar surface area (TPSA) is 43.8 Å². The number of nitrogens with two attached hydrogens (primary N) is 1. The second-order valence-electron chi connectivity index (χ2n) is 5.89. The lowest BCUT2D eigenvalue weighted by Crippen LogP contribution is -2.08. The zero-order valence-corrected chi connectivity index (χ0v) is 14.3. The first-order chi connectivity index (χ1) is 10.1. The number of benzene rings is 1. The normalized spacial score (nSPS) is 15.8. The highest BCUT2D eigenvalue weighted by atomic mass is 79.9. The van der Waals surface area contributed by atoms with Crippen molar-refractivity contribution in [2.45, 2.75) is 52.0 Å². The molecule has 0 radical (unpaired) electrons. The molecule has 1 aliphatic rings. The summed E-state index contributed by atoms with van der Waals surface area (Å²) in [5, 5.41) is 0. The average molecular weight is 348 g/mol. The van der Waals surface area contributed by atoms with Gasteiger partial charge < -0.3 is 10.3 Å². The monoisotopic (exact) mass is 347 g/mol. The van der Waals surface area contributed by atoms with Gasteiger partial charge in [-0.1, -0.05) is 40.9 Å². The molecule has 0 amide bonds. The van der Waals surface area contributed by atoms with Gasteiger partial charge in [-0.05, 0) is 38.3 Å². The summed E-state index contributed by atoms with van der Waals surface area (Å²) in [4.78, 5) is 4.92. The Morgan fingerprint density at radius 1 is 1.33 bits per heavy atom. The third kappa shape index (κ3) is 2.61. The third-order valence-corrected chi connectivity index (χ3v) is 5.37. The lowest BCUT2D eigenvalue weighted by molar-refractivity contribution is 0.604. The number of anilines is 1. The Morgan fingerprint density at radius 3 is 2.67 bits per heavy atom. The first kappa shape index (κ1) is 14.6. The van der Waals surface area contributed by atoms with E-state index in [1.54, 1.807) is 0 Å². The number of hydrogen-bond donors (Lipinski definition) is 1. The number of nitrogens with zero attached hydrogens (tertiary/aromatic N) is 2. The van der Waals surface area contributed by atoms with Crippen molar-refractivity contribution in [3.8, 4) is 11.3 Å². The molecule has 2 aromatic rings. The molecular formula is C17H22BrN3. The Bertz CT molecular complexity index is 654. The van der Waals surface area contributed by atoms with Crippen molar-refractivity contribution >= 4 is 21.7 Å². The van der Waals surface area contributed by atoms with Crippen LogP contribution in [0.3, 0.4) is 0 Å². The van der Waals surface area contributed by atoms with Crippen LogP contribution in [0.4, 0.5) is 5.82 Å². The van der Waals surface area contributed by atoms with Gasteiger partial charge in [-0.15, -0.1) is 0 Å². The van der Waals surface area contributed by atoms with Crippen LogP contribution in [0.2, 0.25) is 0 Å². The first-order valence-corrected chi connectivity index (χ1v) is 8.53. The molecule has 4 heteroatoms. The minimum absolute atomic E-state index is 0.579. The van der Waals surface area contributed by atoms with E-state index in [1.165, 1.54) is 37.1 Å². The van der Waals surface area contributed by atoms with Gasteiger partial charge in [0.05, 0.1) is 0 Å². The fourth-order valence-electron chi connectivity index (χ4n) is 3.26. The molecule has 1 heterocycles. The summed E-state index contributed by atoms with van der Waals surface area (Å²) in [6.07, 6.45) is 5.11. The molecular weight excluding hydrogens is 326 g/mol. The van der Waals surface area contributed by atoms with E-state index in [0.717, 1.165) is 28.1 Å². The molecule has 1 fully saturated rings. The molecule has 0 unspecified atom stereocenters. The quantitative estimate of drug-likeness (QED) is 0.859. The van der Waals surface area contributed by atoms with Gasteiger partial charge in [-0.3, -0.25) is 0 Å². The largest absolute Gasteiger partial charge is 0.383 e. The number of halogens is 1. The van der Waals surface area contributed by atoms with Crippen molar-refractivity contribution in [3.05, 3.63) is 34.1 Å². The lowest BCUT2D eigenvalue weighted by Gasteiger charge is -2.11. The van der Waals surface area contributed by atoms with Crippen LogP contribution in [0.15, 0.2) is 22.7 Å². The zero-order valence-electron chi connectivity index (χ0n) is 12.7. The highest BCUT2D eigenvalue weighted by Crippen LogP contribution is 2.38. The molecule has 1 aromatic heterocycles. The zero-order chi connectivity index (χ0) is 15.0. The number of hydrogen-bond acceptors (Lipinski definition) is 2. The third-order valence-electron chi connectivity index (χ3n) is 4.52. The van der Waals surface area contributed by atoms with E-state index in [4.69, 9.17) is 10.7 Å². The van der Waals surface area contributed by atoms with E-state index in [1.807, 2.05) is 0 Å². The molecule has 0 saturated heterocycles. The molecule has 0 aliphatic heterocycles. The summed E-state index contributed by atoms with van der Waals surface area (Å²) in [6.45, 7) is 5.12. The number of aryl methyl sites for hydroxylation is 1. The van der Waals surface area contributed by atoms with Crippen molar-refractivity contribution in [2.24, 2.45) is 0 Å². The van der Waals surface area contributed by atoms with E-state index in [-0.39, 0.29) is 0 Å². The number of imidazole rings is 1. The van der Waals surface area contributed by atoms with Crippen LogP contribution in [-0.2, 0) is 6.54 Å². The van der Waals surface area contributed by atoms with Gasteiger partial charge in [0, 0.05) is 22.5 Å². The summed E-state index contributed by atoms with van der Waals surface area (Å²) in [6, 6.07) is 6.34. The highest BCUT2D eigenvalue weighted by Gasteiger charge is 2.25. The van der Waals surface area contributed by atoms with Gasteiger partial charge in [-0.2, -0.15) is 0 Å². The van der Waals surface area contributed by atoms with Crippen LogP contribution in [0, 0.1) is 6.92 Å². The molecule has 2 N–H and O–H groups in total. The van der Waals surface area contributed by atoms with Gasteiger partial charge in [0.1, 0.15) is 17.3 Å². The molecule has 0 bridgehead atoms. The molecule has 0 atom stereocenters. The maximum Gasteiger partial charge on any atom is 0.131 e. The Hall–Kier alpha value is -1.29. The molecule has 0 spiro atoms. The Balaban J connectivity index is 2.08. The minimum atomic E-state index is 0.579. The van der Waals surface area contributed by atoms with Crippen molar-refractivity contribution in [2.75, 3.05) is 5.73 Å². The lowest BCUT2D eigenvalue weighted by atomic mass is 10.1. The molecule has 1 saturated carbocycles. The van der Waals surface area contributed by atoms with Crippen molar-refractivity contribution in [1.29, 1.82) is 0 Å².